The van der Waals surface area contributed by atoms with Crippen molar-refractivity contribution >= 4 is 17.7 Å². The van der Waals surface area contributed by atoms with Gasteiger partial charge in [-0.25, -0.2) is 0 Å². The molecule has 0 bridgehead atoms. The maximum atomic E-state index is 11.7. The van der Waals surface area contributed by atoms with Gasteiger partial charge >= 0.3 is 0 Å². The summed E-state index contributed by atoms with van der Waals surface area (Å²) in [6, 6.07) is 6.12. The number of rotatable bonds is 13. The Hall–Kier alpha value is -2.17. The van der Waals surface area contributed by atoms with Gasteiger partial charge in [-0.3, -0.25) is 14.9 Å². The van der Waals surface area contributed by atoms with E-state index in [1.165, 1.54) is 63.2 Å². The van der Waals surface area contributed by atoms with E-state index in [0.29, 0.717) is 6.54 Å². The standard InChI is InChI=1S/C20H30N2O3/c1-2-3-4-5-6-7-8-9-10-17-21-20(23)16-13-18-11-14-19(15-12-18)22(24)25/h11-16H,2-10,17H2,1H3,(H,21,23)/b16-13+. The minimum Gasteiger partial charge on any atom is -0.353 e. The van der Waals surface area contributed by atoms with Crippen LogP contribution in [-0.2, 0) is 4.79 Å². The number of unbranched alkanes of at least 4 members (excludes halogenated alkanes) is 8. The average molecular weight is 346 g/mol. The molecule has 1 N–H and O–H groups in total. The highest BCUT2D eigenvalue weighted by Crippen LogP contribution is 2.12. The summed E-state index contributed by atoms with van der Waals surface area (Å²) < 4.78 is 0. The van der Waals surface area contributed by atoms with Gasteiger partial charge in [-0.15, -0.1) is 0 Å². The predicted molar refractivity (Wildman–Crippen MR) is 102 cm³/mol. The first-order valence-electron chi connectivity index (χ1n) is 9.34. The highest BCUT2D eigenvalue weighted by Gasteiger charge is 2.02. The summed E-state index contributed by atoms with van der Waals surface area (Å²) in [6.07, 6.45) is 14.5. The minimum absolute atomic E-state index is 0.0481. The molecule has 0 atom stereocenters. The van der Waals surface area contributed by atoms with Crippen LogP contribution in [-0.4, -0.2) is 17.4 Å². The summed E-state index contributed by atoms with van der Waals surface area (Å²) in [5.74, 6) is -0.127. The van der Waals surface area contributed by atoms with Crippen molar-refractivity contribution in [3.8, 4) is 0 Å². The molecule has 0 aliphatic carbocycles. The zero-order chi connectivity index (χ0) is 18.3. The van der Waals surface area contributed by atoms with E-state index >= 15 is 0 Å². The van der Waals surface area contributed by atoms with Crippen LogP contribution >= 0.6 is 0 Å². The van der Waals surface area contributed by atoms with Crippen molar-refractivity contribution in [2.45, 2.75) is 64.7 Å². The molecule has 0 unspecified atom stereocenters. The number of nitrogens with one attached hydrogen (secondary N) is 1. The zero-order valence-electron chi connectivity index (χ0n) is 15.2. The monoisotopic (exact) mass is 346 g/mol. The molecule has 0 saturated heterocycles. The van der Waals surface area contributed by atoms with E-state index in [1.54, 1.807) is 18.2 Å². The van der Waals surface area contributed by atoms with Gasteiger partial charge in [0.25, 0.3) is 5.69 Å². The minimum atomic E-state index is -0.439. The Morgan fingerprint density at radius 3 is 2.12 bits per heavy atom. The molecule has 5 heteroatoms. The topological polar surface area (TPSA) is 72.2 Å². The number of hydrogen-bond donors (Lipinski definition) is 1. The third kappa shape index (κ3) is 10.3. The number of carbonyl (C=O) groups excluding carboxylic acids is 1. The summed E-state index contributed by atoms with van der Waals surface area (Å²) in [7, 11) is 0. The lowest BCUT2D eigenvalue weighted by atomic mass is 10.1. The van der Waals surface area contributed by atoms with Crippen LogP contribution in [0.1, 0.15) is 70.3 Å². The van der Waals surface area contributed by atoms with Crippen LogP contribution in [0.2, 0.25) is 0 Å². The summed E-state index contributed by atoms with van der Waals surface area (Å²) in [6.45, 7) is 2.93. The van der Waals surface area contributed by atoms with Crippen molar-refractivity contribution in [3.63, 3.8) is 0 Å². The molecule has 5 nitrogen and oxygen atoms in total. The normalized spacial score (nSPS) is 10.9. The Morgan fingerprint density at radius 1 is 1.00 bits per heavy atom. The van der Waals surface area contributed by atoms with Crippen LogP contribution in [0.4, 0.5) is 5.69 Å². The summed E-state index contributed by atoms with van der Waals surface area (Å²) >= 11 is 0. The van der Waals surface area contributed by atoms with Crippen molar-refractivity contribution in [3.05, 3.63) is 46.0 Å². The third-order valence-electron chi connectivity index (χ3n) is 4.11. The van der Waals surface area contributed by atoms with Gasteiger partial charge in [0.05, 0.1) is 4.92 Å². The van der Waals surface area contributed by atoms with Gasteiger partial charge < -0.3 is 5.32 Å². The number of nitro groups is 1. The Labute approximate surface area is 150 Å². The van der Waals surface area contributed by atoms with E-state index in [9.17, 15) is 14.9 Å². The summed E-state index contributed by atoms with van der Waals surface area (Å²) in [5, 5.41) is 13.4. The molecule has 0 heterocycles. The largest absolute Gasteiger partial charge is 0.353 e. The first-order valence-corrected chi connectivity index (χ1v) is 9.34. The number of hydrogen-bond acceptors (Lipinski definition) is 3. The van der Waals surface area contributed by atoms with Crippen molar-refractivity contribution in [1.82, 2.24) is 5.32 Å². The number of non-ortho nitro benzene ring substituents is 1. The van der Waals surface area contributed by atoms with Gasteiger partial charge in [0.1, 0.15) is 0 Å². The van der Waals surface area contributed by atoms with Gasteiger partial charge in [-0.1, -0.05) is 58.3 Å². The lowest BCUT2D eigenvalue weighted by molar-refractivity contribution is -0.384. The smallest absolute Gasteiger partial charge is 0.269 e. The fraction of sp³-hybridized carbons (Fsp3) is 0.550. The summed E-state index contributed by atoms with van der Waals surface area (Å²) in [5.41, 5.74) is 0.816. The Morgan fingerprint density at radius 2 is 1.56 bits per heavy atom. The second-order valence-corrected chi connectivity index (χ2v) is 6.30. The van der Waals surface area contributed by atoms with Crippen LogP contribution in [0.5, 0.6) is 0 Å². The Kier molecular flexibility index (Phi) is 11.0. The predicted octanol–water partition coefficient (Wildman–Crippen LogP) is 5.26. The molecular weight excluding hydrogens is 316 g/mol. The van der Waals surface area contributed by atoms with Crippen LogP contribution in [0.25, 0.3) is 6.08 Å². The fourth-order valence-electron chi connectivity index (χ4n) is 2.59. The highest BCUT2D eigenvalue weighted by atomic mass is 16.6. The van der Waals surface area contributed by atoms with E-state index in [1.807, 2.05) is 0 Å². The molecule has 0 spiro atoms. The number of nitro benzene ring substituents is 1. The maximum absolute atomic E-state index is 11.7. The molecule has 25 heavy (non-hydrogen) atoms. The van der Waals surface area contributed by atoms with E-state index in [0.717, 1.165) is 18.4 Å². The molecule has 0 aliphatic heterocycles. The number of carbonyl (C=O) groups is 1. The lowest BCUT2D eigenvalue weighted by Crippen LogP contribution is -2.21. The fourth-order valence-corrected chi connectivity index (χ4v) is 2.59. The Bertz CT molecular complexity index is 538. The second kappa shape index (κ2) is 13.2. The van der Waals surface area contributed by atoms with E-state index in [2.05, 4.69) is 12.2 Å². The third-order valence-corrected chi connectivity index (χ3v) is 4.11. The summed E-state index contributed by atoms with van der Waals surface area (Å²) in [4.78, 5) is 21.9. The van der Waals surface area contributed by atoms with Crippen molar-refractivity contribution in [1.29, 1.82) is 0 Å². The first kappa shape index (κ1) is 20.9. The molecule has 0 fully saturated rings. The van der Waals surface area contributed by atoms with E-state index < -0.39 is 4.92 Å². The first-order chi connectivity index (χ1) is 12.1. The second-order valence-electron chi connectivity index (χ2n) is 6.30. The molecule has 0 aliphatic rings. The van der Waals surface area contributed by atoms with Crippen LogP contribution < -0.4 is 5.32 Å². The van der Waals surface area contributed by atoms with Crippen LogP contribution in [0, 0.1) is 10.1 Å². The van der Waals surface area contributed by atoms with Crippen molar-refractivity contribution < 1.29 is 9.72 Å². The Balaban J connectivity index is 2.07. The number of nitrogens with zero attached hydrogens (tertiary/aromatic N) is 1. The lowest BCUT2D eigenvalue weighted by Gasteiger charge is -2.03. The molecule has 1 aromatic carbocycles. The molecule has 1 rings (SSSR count). The average Bonchev–Trinajstić information content (AvgIpc) is 2.62. The van der Waals surface area contributed by atoms with Gasteiger partial charge in [-0.2, -0.15) is 0 Å². The number of benzene rings is 1. The molecule has 1 aromatic rings. The highest BCUT2D eigenvalue weighted by molar-refractivity contribution is 5.91. The van der Waals surface area contributed by atoms with Gasteiger partial charge in [0.15, 0.2) is 0 Å². The SMILES string of the molecule is CCCCCCCCCCCNC(=O)/C=C/c1ccc([N+](=O)[O-])cc1. The van der Waals surface area contributed by atoms with E-state index in [-0.39, 0.29) is 11.6 Å². The van der Waals surface area contributed by atoms with Gasteiger partial charge in [-0.05, 0) is 30.2 Å². The molecule has 0 radical (unpaired) electrons. The molecule has 138 valence electrons. The van der Waals surface area contributed by atoms with Gasteiger partial charge in [0.2, 0.25) is 5.91 Å². The maximum Gasteiger partial charge on any atom is 0.269 e. The molecule has 1 amide bonds. The quantitative estimate of drug-likeness (QED) is 0.229. The van der Waals surface area contributed by atoms with Gasteiger partial charge in [0, 0.05) is 24.8 Å². The van der Waals surface area contributed by atoms with E-state index in [4.69, 9.17) is 0 Å². The van der Waals surface area contributed by atoms with Crippen LogP contribution in [0.3, 0.4) is 0 Å². The molecule has 0 saturated carbocycles. The number of amides is 1. The zero-order valence-corrected chi connectivity index (χ0v) is 15.2. The van der Waals surface area contributed by atoms with Crippen molar-refractivity contribution in [2.75, 3.05) is 6.54 Å². The molecule has 0 aromatic heterocycles. The van der Waals surface area contributed by atoms with Crippen LogP contribution in [0.15, 0.2) is 30.3 Å². The van der Waals surface area contributed by atoms with Crippen molar-refractivity contribution in [2.24, 2.45) is 0 Å². The molecular formula is C20H30N2O3.